The molecule has 1 aromatic carbocycles. The van der Waals surface area contributed by atoms with E-state index in [4.69, 9.17) is 15.6 Å². The fraction of sp³-hybridized carbons (Fsp3) is 0.400. The van der Waals surface area contributed by atoms with E-state index in [-0.39, 0.29) is 25.1 Å². The molecule has 0 aliphatic carbocycles. The number of halogens is 1. The average molecular weight is 218 g/mol. The first kappa shape index (κ1) is 13.2. The molecule has 1 unspecified atom stereocenters. The van der Waals surface area contributed by atoms with E-state index in [0.717, 1.165) is 11.3 Å². The monoisotopic (exact) mass is 217 g/mol. The SMILES string of the molecule is COc1ccccc1C(N)CCO.Cl. The Hall–Kier alpha value is -0.770. The second kappa shape index (κ2) is 6.65. The second-order valence-electron chi connectivity index (χ2n) is 2.86. The Morgan fingerprint density at radius 1 is 1.43 bits per heavy atom. The van der Waals surface area contributed by atoms with Crippen LogP contribution in [0.3, 0.4) is 0 Å². The predicted molar refractivity (Wildman–Crippen MR) is 58.9 cm³/mol. The van der Waals surface area contributed by atoms with Gasteiger partial charge in [-0.2, -0.15) is 0 Å². The van der Waals surface area contributed by atoms with Gasteiger partial charge in [-0.25, -0.2) is 0 Å². The first-order valence-corrected chi connectivity index (χ1v) is 4.29. The number of ether oxygens (including phenoxy) is 1. The number of hydrogen-bond donors (Lipinski definition) is 2. The number of rotatable bonds is 4. The Kier molecular flexibility index (Phi) is 6.28. The Bertz CT molecular complexity index is 268. The molecule has 14 heavy (non-hydrogen) atoms. The molecule has 80 valence electrons. The number of nitrogens with two attached hydrogens (primary N) is 1. The summed E-state index contributed by atoms with van der Waals surface area (Å²) in [6, 6.07) is 7.44. The summed E-state index contributed by atoms with van der Waals surface area (Å²) in [5, 5.41) is 8.74. The van der Waals surface area contributed by atoms with Crippen molar-refractivity contribution < 1.29 is 9.84 Å². The molecular weight excluding hydrogens is 202 g/mol. The van der Waals surface area contributed by atoms with Crippen molar-refractivity contribution in [3.8, 4) is 5.75 Å². The van der Waals surface area contributed by atoms with Crippen LogP contribution in [0.15, 0.2) is 24.3 Å². The molecule has 0 bridgehead atoms. The van der Waals surface area contributed by atoms with E-state index in [1.807, 2.05) is 24.3 Å². The fourth-order valence-electron chi connectivity index (χ4n) is 1.27. The summed E-state index contributed by atoms with van der Waals surface area (Å²) in [5.41, 5.74) is 6.79. The number of aliphatic hydroxyl groups is 1. The molecule has 1 rings (SSSR count). The van der Waals surface area contributed by atoms with Crippen LogP contribution in [0.25, 0.3) is 0 Å². The normalized spacial score (nSPS) is 11.6. The zero-order chi connectivity index (χ0) is 9.68. The van der Waals surface area contributed by atoms with Gasteiger partial charge in [-0.15, -0.1) is 12.4 Å². The molecule has 1 atom stereocenters. The average Bonchev–Trinajstić information content (AvgIpc) is 2.18. The van der Waals surface area contributed by atoms with E-state index < -0.39 is 0 Å². The Morgan fingerprint density at radius 2 is 2.07 bits per heavy atom. The number of para-hydroxylation sites is 1. The maximum Gasteiger partial charge on any atom is 0.123 e. The molecule has 4 heteroatoms. The van der Waals surface area contributed by atoms with Crippen molar-refractivity contribution >= 4 is 12.4 Å². The molecule has 0 saturated heterocycles. The van der Waals surface area contributed by atoms with E-state index in [9.17, 15) is 0 Å². The van der Waals surface area contributed by atoms with Crippen LogP contribution in [0.1, 0.15) is 18.0 Å². The van der Waals surface area contributed by atoms with Crippen molar-refractivity contribution in [1.82, 2.24) is 0 Å². The van der Waals surface area contributed by atoms with E-state index in [0.29, 0.717) is 6.42 Å². The first-order valence-electron chi connectivity index (χ1n) is 4.29. The van der Waals surface area contributed by atoms with Gasteiger partial charge >= 0.3 is 0 Å². The minimum Gasteiger partial charge on any atom is -0.496 e. The zero-order valence-corrected chi connectivity index (χ0v) is 8.96. The summed E-state index contributed by atoms with van der Waals surface area (Å²) in [4.78, 5) is 0. The Balaban J connectivity index is 0.00000169. The minimum atomic E-state index is -0.152. The van der Waals surface area contributed by atoms with Gasteiger partial charge in [0.05, 0.1) is 7.11 Å². The van der Waals surface area contributed by atoms with Gasteiger partial charge in [-0.1, -0.05) is 18.2 Å². The van der Waals surface area contributed by atoms with Crippen molar-refractivity contribution in [2.45, 2.75) is 12.5 Å². The summed E-state index contributed by atoms with van der Waals surface area (Å²) in [7, 11) is 1.62. The summed E-state index contributed by atoms with van der Waals surface area (Å²) >= 11 is 0. The van der Waals surface area contributed by atoms with Gasteiger partial charge in [0, 0.05) is 18.2 Å². The highest BCUT2D eigenvalue weighted by Crippen LogP contribution is 2.24. The summed E-state index contributed by atoms with van der Waals surface area (Å²) < 4.78 is 5.15. The van der Waals surface area contributed by atoms with Gasteiger partial charge in [-0.05, 0) is 12.5 Å². The van der Waals surface area contributed by atoms with Crippen LogP contribution in [0.2, 0.25) is 0 Å². The highest BCUT2D eigenvalue weighted by molar-refractivity contribution is 5.85. The Labute approximate surface area is 90.3 Å². The summed E-state index contributed by atoms with van der Waals surface area (Å²) in [5.74, 6) is 0.781. The lowest BCUT2D eigenvalue weighted by Gasteiger charge is -2.13. The number of hydrogen-bond acceptors (Lipinski definition) is 3. The van der Waals surface area contributed by atoms with Crippen molar-refractivity contribution in [2.75, 3.05) is 13.7 Å². The maximum atomic E-state index is 8.74. The Morgan fingerprint density at radius 3 is 2.64 bits per heavy atom. The van der Waals surface area contributed by atoms with E-state index >= 15 is 0 Å². The highest BCUT2D eigenvalue weighted by atomic mass is 35.5. The number of methoxy groups -OCH3 is 1. The molecule has 1 aromatic rings. The lowest BCUT2D eigenvalue weighted by Crippen LogP contribution is -2.12. The van der Waals surface area contributed by atoms with Crippen LogP contribution in [0.4, 0.5) is 0 Å². The third kappa shape index (κ3) is 3.18. The molecule has 0 aliphatic rings. The van der Waals surface area contributed by atoms with Gasteiger partial charge in [0.2, 0.25) is 0 Å². The molecule has 0 fully saturated rings. The quantitative estimate of drug-likeness (QED) is 0.804. The standard InChI is InChI=1S/C10H15NO2.ClH/c1-13-10-5-3-2-4-8(10)9(11)6-7-12;/h2-5,9,12H,6-7,11H2,1H3;1H. The van der Waals surface area contributed by atoms with E-state index in [1.54, 1.807) is 7.11 Å². The fourth-order valence-corrected chi connectivity index (χ4v) is 1.27. The van der Waals surface area contributed by atoms with Crippen molar-refractivity contribution in [1.29, 1.82) is 0 Å². The first-order chi connectivity index (χ1) is 6.29. The predicted octanol–water partition coefficient (Wildman–Crippen LogP) is 1.50. The van der Waals surface area contributed by atoms with Gasteiger partial charge in [0.1, 0.15) is 5.75 Å². The van der Waals surface area contributed by atoms with Gasteiger partial charge < -0.3 is 15.6 Å². The minimum absolute atomic E-state index is 0. The number of aliphatic hydroxyl groups excluding tert-OH is 1. The molecule has 0 spiro atoms. The third-order valence-corrected chi connectivity index (χ3v) is 1.98. The molecule has 3 nitrogen and oxygen atoms in total. The summed E-state index contributed by atoms with van der Waals surface area (Å²) in [6.07, 6.45) is 0.556. The largest absolute Gasteiger partial charge is 0.496 e. The van der Waals surface area contributed by atoms with E-state index in [1.165, 1.54) is 0 Å². The molecule has 0 radical (unpaired) electrons. The summed E-state index contributed by atoms with van der Waals surface area (Å²) in [6.45, 7) is 0.0964. The van der Waals surface area contributed by atoms with Crippen LogP contribution >= 0.6 is 12.4 Å². The second-order valence-corrected chi connectivity index (χ2v) is 2.86. The molecular formula is C10H16ClNO2. The smallest absolute Gasteiger partial charge is 0.123 e. The lowest BCUT2D eigenvalue weighted by molar-refractivity contribution is 0.275. The van der Waals surface area contributed by atoms with Crippen molar-refractivity contribution in [3.05, 3.63) is 29.8 Å². The van der Waals surface area contributed by atoms with Gasteiger partial charge in [0.15, 0.2) is 0 Å². The van der Waals surface area contributed by atoms with Crippen molar-refractivity contribution in [2.24, 2.45) is 5.73 Å². The van der Waals surface area contributed by atoms with Crippen LogP contribution in [-0.4, -0.2) is 18.8 Å². The van der Waals surface area contributed by atoms with Crippen molar-refractivity contribution in [3.63, 3.8) is 0 Å². The maximum absolute atomic E-state index is 8.74. The lowest BCUT2D eigenvalue weighted by atomic mass is 10.0. The van der Waals surface area contributed by atoms with Crippen LogP contribution in [0, 0.1) is 0 Å². The molecule has 0 amide bonds. The molecule has 3 N–H and O–H groups in total. The van der Waals surface area contributed by atoms with Crippen LogP contribution in [0.5, 0.6) is 5.75 Å². The van der Waals surface area contributed by atoms with Gasteiger partial charge in [-0.3, -0.25) is 0 Å². The zero-order valence-electron chi connectivity index (χ0n) is 8.14. The van der Waals surface area contributed by atoms with Crippen LogP contribution in [-0.2, 0) is 0 Å². The number of benzene rings is 1. The molecule has 0 saturated carbocycles. The van der Waals surface area contributed by atoms with Gasteiger partial charge in [0.25, 0.3) is 0 Å². The topological polar surface area (TPSA) is 55.5 Å². The third-order valence-electron chi connectivity index (χ3n) is 1.98. The van der Waals surface area contributed by atoms with Crippen LogP contribution < -0.4 is 10.5 Å². The van der Waals surface area contributed by atoms with E-state index in [2.05, 4.69) is 0 Å². The molecule has 0 aromatic heterocycles. The molecule has 0 aliphatic heterocycles. The highest BCUT2D eigenvalue weighted by Gasteiger charge is 2.09. The molecule has 0 heterocycles.